The van der Waals surface area contributed by atoms with Crippen molar-refractivity contribution in [3.8, 4) is 0 Å². The monoisotopic (exact) mass is 388 g/mol. The number of nitrogens with zero attached hydrogens (tertiary/aromatic N) is 1. The predicted octanol–water partition coefficient (Wildman–Crippen LogP) is 1.22. The number of hydrogen-bond acceptors (Lipinski definition) is 4. The van der Waals surface area contributed by atoms with Crippen LogP contribution in [0, 0.1) is 0 Å². The van der Waals surface area contributed by atoms with Gasteiger partial charge in [-0.15, -0.1) is 0 Å². The van der Waals surface area contributed by atoms with E-state index in [-0.39, 0.29) is 5.91 Å². The van der Waals surface area contributed by atoms with E-state index in [2.05, 4.69) is 29.8 Å². The standard InChI is InChI=1S/C20H28N4O4/c1-6-21-17(26)13(4)22-16(25)11-24-18(27)20(5,23-19(24)28)15-9-7-14(8-10-15)12(2)3/h7-10,12-13H,6,11H2,1-5H3,(H,21,26)(H,22,25)(H,23,28)/t13-,20-/m0/s1. The molecule has 0 saturated carbocycles. The first kappa shape index (κ1) is 21.4. The minimum absolute atomic E-state index is 0.330. The Morgan fingerprint density at radius 1 is 1.14 bits per heavy atom. The fourth-order valence-electron chi connectivity index (χ4n) is 3.06. The van der Waals surface area contributed by atoms with Crippen molar-refractivity contribution >= 4 is 23.8 Å². The smallest absolute Gasteiger partial charge is 0.325 e. The molecule has 3 N–H and O–H groups in total. The molecule has 1 fully saturated rings. The van der Waals surface area contributed by atoms with Crippen LogP contribution < -0.4 is 16.0 Å². The van der Waals surface area contributed by atoms with Crippen LogP contribution in [0.3, 0.4) is 0 Å². The number of carbonyl (C=O) groups excluding carboxylic acids is 4. The first-order valence-corrected chi connectivity index (χ1v) is 9.41. The van der Waals surface area contributed by atoms with Crippen molar-refractivity contribution in [1.82, 2.24) is 20.9 Å². The highest BCUT2D eigenvalue weighted by molar-refractivity contribution is 6.09. The molecule has 2 rings (SSSR count). The van der Waals surface area contributed by atoms with Crippen LogP contribution in [0.25, 0.3) is 0 Å². The largest absolute Gasteiger partial charge is 0.355 e. The summed E-state index contributed by atoms with van der Waals surface area (Å²) >= 11 is 0. The van der Waals surface area contributed by atoms with Gasteiger partial charge in [-0.3, -0.25) is 19.3 Å². The number of benzene rings is 1. The summed E-state index contributed by atoms with van der Waals surface area (Å²) < 4.78 is 0. The molecule has 0 bridgehead atoms. The van der Waals surface area contributed by atoms with Gasteiger partial charge in [0.05, 0.1) is 0 Å². The molecule has 152 valence electrons. The summed E-state index contributed by atoms with van der Waals surface area (Å²) in [7, 11) is 0. The van der Waals surface area contributed by atoms with Crippen LogP contribution in [0.2, 0.25) is 0 Å². The van der Waals surface area contributed by atoms with Crippen molar-refractivity contribution in [2.75, 3.05) is 13.1 Å². The Balaban J connectivity index is 2.10. The molecule has 0 radical (unpaired) electrons. The van der Waals surface area contributed by atoms with Gasteiger partial charge in [0.1, 0.15) is 18.1 Å². The summed E-state index contributed by atoms with van der Waals surface area (Å²) in [5.74, 6) is -1.07. The number of rotatable bonds is 7. The maximum Gasteiger partial charge on any atom is 0.325 e. The highest BCUT2D eigenvalue weighted by Gasteiger charge is 2.49. The fourth-order valence-corrected chi connectivity index (χ4v) is 3.06. The first-order chi connectivity index (χ1) is 13.1. The molecule has 8 nitrogen and oxygen atoms in total. The van der Waals surface area contributed by atoms with Crippen LogP contribution in [0.5, 0.6) is 0 Å². The number of urea groups is 1. The van der Waals surface area contributed by atoms with Gasteiger partial charge >= 0.3 is 6.03 Å². The highest BCUT2D eigenvalue weighted by Crippen LogP contribution is 2.29. The SMILES string of the molecule is CCNC(=O)[C@H](C)NC(=O)CN1C(=O)N[C@@](C)(c2ccc(C(C)C)cc2)C1=O. The normalized spacial score (nSPS) is 20.1. The minimum Gasteiger partial charge on any atom is -0.355 e. The molecule has 8 heteroatoms. The van der Waals surface area contributed by atoms with Crippen LogP contribution in [0.4, 0.5) is 4.79 Å². The van der Waals surface area contributed by atoms with Gasteiger partial charge in [0, 0.05) is 6.54 Å². The quantitative estimate of drug-likeness (QED) is 0.610. The molecule has 2 atom stereocenters. The molecule has 1 heterocycles. The summed E-state index contributed by atoms with van der Waals surface area (Å²) in [5.41, 5.74) is 0.534. The molecule has 1 aromatic carbocycles. The zero-order valence-corrected chi connectivity index (χ0v) is 17.0. The van der Waals surface area contributed by atoms with Crippen molar-refractivity contribution in [2.24, 2.45) is 0 Å². The van der Waals surface area contributed by atoms with Gasteiger partial charge in [0.25, 0.3) is 5.91 Å². The molecule has 0 spiro atoms. The second-order valence-electron chi connectivity index (χ2n) is 7.41. The summed E-state index contributed by atoms with van der Waals surface area (Å²) in [6, 6.07) is 6.08. The molecule has 5 amide bonds. The average molecular weight is 388 g/mol. The van der Waals surface area contributed by atoms with E-state index in [9.17, 15) is 19.2 Å². The second kappa shape index (κ2) is 8.41. The molecule has 1 aliphatic heterocycles. The van der Waals surface area contributed by atoms with Crippen molar-refractivity contribution in [3.63, 3.8) is 0 Å². The van der Waals surface area contributed by atoms with E-state index < -0.39 is 36.0 Å². The third-order valence-corrected chi connectivity index (χ3v) is 4.85. The molecule has 28 heavy (non-hydrogen) atoms. The zero-order chi connectivity index (χ0) is 21.1. The lowest BCUT2D eigenvalue weighted by atomic mass is 9.90. The number of likely N-dealkylation sites (N-methyl/N-ethyl adjacent to an activating group) is 1. The summed E-state index contributed by atoms with van der Waals surface area (Å²) in [6.07, 6.45) is 0. The van der Waals surface area contributed by atoms with E-state index in [0.29, 0.717) is 18.0 Å². The molecule has 0 unspecified atom stereocenters. The predicted molar refractivity (Wildman–Crippen MR) is 104 cm³/mol. The molecule has 1 saturated heterocycles. The number of hydrogen-bond donors (Lipinski definition) is 3. The number of imide groups is 1. The van der Waals surface area contributed by atoms with E-state index in [1.54, 1.807) is 13.8 Å². The molecular weight excluding hydrogens is 360 g/mol. The third kappa shape index (κ3) is 4.32. The van der Waals surface area contributed by atoms with Crippen LogP contribution >= 0.6 is 0 Å². The Hall–Kier alpha value is -2.90. The first-order valence-electron chi connectivity index (χ1n) is 9.41. The van der Waals surface area contributed by atoms with Gasteiger partial charge in [-0.25, -0.2) is 4.79 Å². The Kier molecular flexibility index (Phi) is 6.43. The van der Waals surface area contributed by atoms with Crippen LogP contribution in [-0.2, 0) is 19.9 Å². The van der Waals surface area contributed by atoms with Gasteiger partial charge in [-0.2, -0.15) is 0 Å². The third-order valence-electron chi connectivity index (χ3n) is 4.85. The fraction of sp³-hybridized carbons (Fsp3) is 0.500. The van der Waals surface area contributed by atoms with E-state index in [1.807, 2.05) is 24.3 Å². The zero-order valence-electron chi connectivity index (χ0n) is 17.0. The summed E-state index contributed by atoms with van der Waals surface area (Å²) in [5, 5.41) is 7.76. The Labute approximate surface area is 165 Å². The van der Waals surface area contributed by atoms with Crippen molar-refractivity contribution in [1.29, 1.82) is 0 Å². The van der Waals surface area contributed by atoms with Crippen molar-refractivity contribution in [2.45, 2.75) is 52.1 Å². The van der Waals surface area contributed by atoms with Crippen LogP contribution in [-0.4, -0.2) is 47.8 Å². The number of carbonyl (C=O) groups is 4. The van der Waals surface area contributed by atoms with Gasteiger partial charge in [0.15, 0.2) is 0 Å². The van der Waals surface area contributed by atoms with E-state index in [1.165, 1.54) is 6.92 Å². The lowest BCUT2D eigenvalue weighted by Gasteiger charge is -2.23. The highest BCUT2D eigenvalue weighted by atomic mass is 16.2. The molecule has 1 aromatic rings. The second-order valence-corrected chi connectivity index (χ2v) is 7.41. The summed E-state index contributed by atoms with van der Waals surface area (Å²) in [4.78, 5) is 50.0. The Bertz CT molecular complexity index is 775. The van der Waals surface area contributed by atoms with E-state index in [0.717, 1.165) is 10.5 Å². The maximum absolute atomic E-state index is 12.9. The van der Waals surface area contributed by atoms with Crippen molar-refractivity contribution < 1.29 is 19.2 Å². The van der Waals surface area contributed by atoms with Crippen LogP contribution in [0.1, 0.15) is 51.7 Å². The van der Waals surface area contributed by atoms with Gasteiger partial charge in [-0.1, -0.05) is 38.1 Å². The lowest BCUT2D eigenvalue weighted by Crippen LogP contribution is -2.49. The molecule has 0 aromatic heterocycles. The van der Waals surface area contributed by atoms with Gasteiger partial charge < -0.3 is 16.0 Å². The topological polar surface area (TPSA) is 108 Å². The minimum atomic E-state index is -1.24. The summed E-state index contributed by atoms with van der Waals surface area (Å²) in [6.45, 7) is 9.06. The molecule has 0 aliphatic carbocycles. The number of nitrogens with one attached hydrogen (secondary N) is 3. The molecule has 1 aliphatic rings. The maximum atomic E-state index is 12.9. The lowest BCUT2D eigenvalue weighted by molar-refractivity contribution is -0.135. The van der Waals surface area contributed by atoms with Crippen molar-refractivity contribution in [3.05, 3.63) is 35.4 Å². The van der Waals surface area contributed by atoms with E-state index in [4.69, 9.17) is 0 Å². The van der Waals surface area contributed by atoms with Gasteiger partial charge in [0.2, 0.25) is 11.8 Å². The van der Waals surface area contributed by atoms with Gasteiger partial charge in [-0.05, 0) is 37.8 Å². The Morgan fingerprint density at radius 2 is 1.75 bits per heavy atom. The molecular formula is C20H28N4O4. The average Bonchev–Trinajstić information content (AvgIpc) is 2.86. The van der Waals surface area contributed by atoms with E-state index >= 15 is 0 Å². The number of amides is 5. The Morgan fingerprint density at radius 3 is 2.29 bits per heavy atom. The van der Waals surface area contributed by atoms with Crippen LogP contribution in [0.15, 0.2) is 24.3 Å².